The lowest BCUT2D eigenvalue weighted by Crippen LogP contribution is -2.30. The maximum absolute atomic E-state index is 12.0. The summed E-state index contributed by atoms with van der Waals surface area (Å²) in [4.78, 5) is 7.38. The van der Waals surface area contributed by atoms with E-state index in [1.807, 2.05) is 0 Å². The summed E-state index contributed by atoms with van der Waals surface area (Å²) in [6.45, 7) is 0.880. The summed E-state index contributed by atoms with van der Waals surface area (Å²) >= 11 is 5.57. The third-order valence-electron chi connectivity index (χ3n) is 2.50. The lowest BCUT2D eigenvalue weighted by molar-refractivity contribution is 0.573. The normalized spacial score (nSPS) is 21.2. The second-order valence-electron chi connectivity index (χ2n) is 3.74. The van der Waals surface area contributed by atoms with Gasteiger partial charge in [0, 0.05) is 12.2 Å². The van der Waals surface area contributed by atoms with E-state index in [2.05, 4.69) is 15.3 Å². The van der Waals surface area contributed by atoms with Crippen LogP contribution < -0.4 is 5.32 Å². The Labute approximate surface area is 99.2 Å². The highest BCUT2D eigenvalue weighted by atomic mass is 35.5. The van der Waals surface area contributed by atoms with Gasteiger partial charge in [0.15, 0.2) is 14.9 Å². The molecule has 1 N–H and O–H groups in total. The third kappa shape index (κ3) is 2.69. The highest BCUT2D eigenvalue weighted by Crippen LogP contribution is 2.14. The second-order valence-corrected chi connectivity index (χ2v) is 6.06. The van der Waals surface area contributed by atoms with Crippen LogP contribution in [0.3, 0.4) is 0 Å². The lowest BCUT2D eigenvalue weighted by atomic mass is 10.3. The smallest absolute Gasteiger partial charge is 0.223 e. The van der Waals surface area contributed by atoms with Crippen molar-refractivity contribution in [2.24, 2.45) is 0 Å². The van der Waals surface area contributed by atoms with Crippen LogP contribution in [-0.4, -0.2) is 36.7 Å². The number of aromatic nitrogens is 2. The summed E-state index contributed by atoms with van der Waals surface area (Å²) < 4.78 is 23.9. The molecule has 1 saturated heterocycles. The maximum Gasteiger partial charge on any atom is 0.223 e. The number of nitrogens with zero attached hydrogens (tertiary/aromatic N) is 2. The number of sulfone groups is 1. The van der Waals surface area contributed by atoms with Gasteiger partial charge in [0.25, 0.3) is 0 Å². The average molecular weight is 262 g/mol. The van der Waals surface area contributed by atoms with Crippen molar-refractivity contribution in [3.63, 3.8) is 0 Å². The van der Waals surface area contributed by atoms with Crippen molar-refractivity contribution < 1.29 is 8.42 Å². The van der Waals surface area contributed by atoms with E-state index < -0.39 is 9.84 Å². The van der Waals surface area contributed by atoms with Gasteiger partial charge in [-0.3, -0.25) is 0 Å². The van der Waals surface area contributed by atoms with Gasteiger partial charge in [-0.25, -0.2) is 18.4 Å². The Morgan fingerprint density at radius 1 is 1.56 bits per heavy atom. The molecule has 5 nitrogen and oxygen atoms in total. The molecular weight excluding hydrogens is 250 g/mol. The highest BCUT2D eigenvalue weighted by Gasteiger charge is 2.24. The first-order valence-electron chi connectivity index (χ1n) is 5.02. The first-order chi connectivity index (χ1) is 7.58. The van der Waals surface area contributed by atoms with E-state index in [1.54, 1.807) is 0 Å². The molecule has 0 bridgehead atoms. The molecule has 2 heterocycles. The minimum Gasteiger partial charge on any atom is -0.313 e. The van der Waals surface area contributed by atoms with E-state index >= 15 is 0 Å². The molecule has 16 heavy (non-hydrogen) atoms. The number of rotatable bonds is 3. The number of nitrogens with one attached hydrogen (secondary N) is 1. The van der Waals surface area contributed by atoms with Crippen molar-refractivity contribution in [1.29, 1.82) is 0 Å². The Hall–Kier alpha value is -0.720. The molecule has 1 fully saturated rings. The number of halogens is 1. The van der Waals surface area contributed by atoms with Crippen LogP contribution in [0.25, 0.3) is 0 Å². The Kier molecular flexibility index (Phi) is 3.41. The molecule has 1 aromatic heterocycles. The van der Waals surface area contributed by atoms with Crippen LogP contribution in [0.4, 0.5) is 0 Å². The molecule has 0 radical (unpaired) electrons. The van der Waals surface area contributed by atoms with Gasteiger partial charge < -0.3 is 5.32 Å². The van der Waals surface area contributed by atoms with Crippen LogP contribution in [0.1, 0.15) is 12.8 Å². The highest BCUT2D eigenvalue weighted by molar-refractivity contribution is 7.91. The van der Waals surface area contributed by atoms with Crippen LogP contribution in [0.15, 0.2) is 17.3 Å². The van der Waals surface area contributed by atoms with E-state index in [4.69, 9.17) is 11.6 Å². The minimum absolute atomic E-state index is 0.00111. The predicted octanol–water partition coefficient (Wildman–Crippen LogP) is 0.656. The van der Waals surface area contributed by atoms with Crippen molar-refractivity contribution >= 4 is 21.4 Å². The van der Waals surface area contributed by atoms with Crippen LogP contribution in [0.5, 0.6) is 0 Å². The van der Waals surface area contributed by atoms with Crippen LogP contribution in [0.2, 0.25) is 5.28 Å². The van der Waals surface area contributed by atoms with E-state index in [-0.39, 0.29) is 22.1 Å². The van der Waals surface area contributed by atoms with Gasteiger partial charge in [0.1, 0.15) is 0 Å². The maximum atomic E-state index is 12.0. The Bertz CT molecular complexity index is 471. The molecule has 1 atom stereocenters. The molecule has 7 heteroatoms. The fourth-order valence-corrected chi connectivity index (χ4v) is 3.42. The third-order valence-corrected chi connectivity index (χ3v) is 4.39. The molecule has 1 aliphatic heterocycles. The van der Waals surface area contributed by atoms with Crippen molar-refractivity contribution in [3.8, 4) is 0 Å². The molecule has 2 rings (SSSR count). The summed E-state index contributed by atoms with van der Waals surface area (Å²) in [6, 6.07) is 1.40. The molecular formula is C9H12ClN3O2S. The summed E-state index contributed by atoms with van der Waals surface area (Å²) in [7, 11) is -3.36. The molecule has 0 aromatic carbocycles. The van der Waals surface area contributed by atoms with Gasteiger partial charge in [-0.15, -0.1) is 0 Å². The molecule has 0 saturated carbocycles. The van der Waals surface area contributed by atoms with E-state index in [1.165, 1.54) is 12.3 Å². The van der Waals surface area contributed by atoms with E-state index in [0.717, 1.165) is 19.4 Å². The zero-order chi connectivity index (χ0) is 11.6. The molecule has 0 amide bonds. The summed E-state index contributed by atoms with van der Waals surface area (Å²) in [5, 5.41) is 3.10. The SMILES string of the molecule is O=S(=O)(CC1CCCN1)c1ccnc(Cl)n1. The van der Waals surface area contributed by atoms with Gasteiger partial charge in [0.05, 0.1) is 5.75 Å². The summed E-state index contributed by atoms with van der Waals surface area (Å²) in [5.41, 5.74) is 0. The second kappa shape index (κ2) is 4.65. The topological polar surface area (TPSA) is 72.0 Å². The Balaban J connectivity index is 2.18. The fourth-order valence-electron chi connectivity index (χ4n) is 1.74. The average Bonchev–Trinajstić information content (AvgIpc) is 2.70. The minimum atomic E-state index is -3.36. The van der Waals surface area contributed by atoms with Crippen molar-refractivity contribution in [3.05, 3.63) is 17.5 Å². The Morgan fingerprint density at radius 2 is 2.38 bits per heavy atom. The predicted molar refractivity (Wildman–Crippen MR) is 60.1 cm³/mol. The Morgan fingerprint density at radius 3 is 3.00 bits per heavy atom. The van der Waals surface area contributed by atoms with Gasteiger partial charge in [0.2, 0.25) is 5.28 Å². The van der Waals surface area contributed by atoms with Crippen molar-refractivity contribution in [2.75, 3.05) is 12.3 Å². The van der Waals surface area contributed by atoms with E-state index in [9.17, 15) is 8.42 Å². The fraction of sp³-hybridized carbons (Fsp3) is 0.556. The largest absolute Gasteiger partial charge is 0.313 e. The summed E-state index contributed by atoms with van der Waals surface area (Å²) in [6.07, 6.45) is 3.26. The molecule has 88 valence electrons. The zero-order valence-corrected chi connectivity index (χ0v) is 10.1. The van der Waals surface area contributed by atoms with Gasteiger partial charge in [-0.2, -0.15) is 0 Å². The van der Waals surface area contributed by atoms with Gasteiger partial charge in [-0.1, -0.05) is 0 Å². The molecule has 1 aromatic rings. The quantitative estimate of drug-likeness (QED) is 0.639. The molecule has 1 aliphatic rings. The molecule has 0 aliphatic carbocycles. The van der Waals surface area contributed by atoms with Gasteiger partial charge in [-0.05, 0) is 37.1 Å². The van der Waals surface area contributed by atoms with Crippen molar-refractivity contribution in [1.82, 2.24) is 15.3 Å². The molecule has 0 spiro atoms. The monoisotopic (exact) mass is 261 g/mol. The van der Waals surface area contributed by atoms with E-state index in [0.29, 0.717) is 0 Å². The standard InChI is InChI=1S/C9H12ClN3O2S/c10-9-12-5-3-8(13-9)16(14,15)6-7-2-1-4-11-7/h3,5,7,11H,1-2,4,6H2. The van der Waals surface area contributed by atoms with Crippen LogP contribution in [0, 0.1) is 0 Å². The van der Waals surface area contributed by atoms with Gasteiger partial charge >= 0.3 is 0 Å². The summed E-state index contributed by atoms with van der Waals surface area (Å²) in [5.74, 6) is 0.0698. The first kappa shape index (κ1) is 11.8. The lowest BCUT2D eigenvalue weighted by Gasteiger charge is -2.09. The molecule has 1 unspecified atom stereocenters. The number of hydrogen-bond donors (Lipinski definition) is 1. The number of hydrogen-bond acceptors (Lipinski definition) is 5. The van der Waals surface area contributed by atoms with Crippen LogP contribution in [-0.2, 0) is 9.84 Å². The zero-order valence-electron chi connectivity index (χ0n) is 8.56. The van der Waals surface area contributed by atoms with Crippen molar-refractivity contribution in [2.45, 2.75) is 23.9 Å². The first-order valence-corrected chi connectivity index (χ1v) is 7.06. The van der Waals surface area contributed by atoms with Crippen LogP contribution >= 0.6 is 11.6 Å².